The third-order valence-electron chi connectivity index (χ3n) is 7.96. The van der Waals surface area contributed by atoms with Gasteiger partial charge in [0.25, 0.3) is 0 Å². The van der Waals surface area contributed by atoms with Crippen molar-refractivity contribution in [1.29, 1.82) is 0 Å². The van der Waals surface area contributed by atoms with Crippen LogP contribution in [0, 0.1) is 0 Å². The van der Waals surface area contributed by atoms with E-state index in [1.165, 1.54) is 0 Å². The summed E-state index contributed by atoms with van der Waals surface area (Å²) in [5.74, 6) is 0. The van der Waals surface area contributed by atoms with Crippen LogP contribution in [0.15, 0.2) is 122 Å². The predicted molar refractivity (Wildman–Crippen MR) is 168 cm³/mol. The summed E-state index contributed by atoms with van der Waals surface area (Å²) in [5.41, 5.74) is 3.86. The second kappa shape index (κ2) is 9.79. The lowest BCUT2D eigenvalue weighted by Gasteiger charge is -2.21. The third-order valence-corrected chi connectivity index (χ3v) is 7.96. The lowest BCUT2D eigenvalue weighted by molar-refractivity contribution is 0.563. The molecule has 0 spiro atoms. The Hall–Kier alpha value is -5.16. The molecule has 0 atom stereocenters. The molecule has 2 heterocycles. The van der Waals surface area contributed by atoms with E-state index in [9.17, 15) is 9.59 Å². The highest BCUT2D eigenvalue weighted by molar-refractivity contribution is 6.21. The molecule has 41 heavy (non-hydrogen) atoms. The Morgan fingerprint density at radius 3 is 1.54 bits per heavy atom. The first-order valence-corrected chi connectivity index (χ1v) is 13.9. The highest BCUT2D eigenvalue weighted by atomic mass is 16.4. The van der Waals surface area contributed by atoms with Crippen LogP contribution < -0.4 is 16.2 Å². The molecule has 0 unspecified atom stereocenters. The van der Waals surface area contributed by atoms with Gasteiger partial charge in [-0.25, -0.2) is 9.59 Å². The Kier molecular flexibility index (Phi) is 5.93. The van der Waals surface area contributed by atoms with Gasteiger partial charge < -0.3 is 13.7 Å². The van der Waals surface area contributed by atoms with Crippen molar-refractivity contribution in [2.75, 3.05) is 18.0 Å². The van der Waals surface area contributed by atoms with E-state index >= 15 is 0 Å². The summed E-state index contributed by atoms with van der Waals surface area (Å²) in [5, 5.41) is 5.14. The number of hydrogen-bond acceptors (Lipinski definition) is 5. The van der Waals surface area contributed by atoms with Crippen LogP contribution in [0.2, 0.25) is 0 Å². The Bertz CT molecular complexity index is 2180. The molecule has 5 nitrogen and oxygen atoms in total. The van der Waals surface area contributed by atoms with Crippen molar-refractivity contribution in [3.8, 4) is 22.3 Å². The van der Waals surface area contributed by atoms with Gasteiger partial charge in [-0.05, 0) is 65.7 Å². The van der Waals surface area contributed by atoms with Crippen molar-refractivity contribution in [1.82, 2.24) is 0 Å². The highest BCUT2D eigenvalue weighted by Gasteiger charge is 2.21. The average molecular weight is 538 g/mol. The van der Waals surface area contributed by atoms with Crippen LogP contribution in [0.25, 0.3) is 65.7 Å². The summed E-state index contributed by atoms with van der Waals surface area (Å²) >= 11 is 0. The molecular weight excluding hydrogens is 510 g/mol. The van der Waals surface area contributed by atoms with Crippen LogP contribution in [-0.2, 0) is 0 Å². The normalized spacial score (nSPS) is 11.6. The van der Waals surface area contributed by atoms with E-state index < -0.39 is 11.3 Å². The Morgan fingerprint density at radius 2 is 1.00 bits per heavy atom. The van der Waals surface area contributed by atoms with Gasteiger partial charge in [0.15, 0.2) is 0 Å². The number of hydrogen-bond donors (Lipinski definition) is 0. The molecule has 0 radical (unpaired) electrons. The minimum Gasteiger partial charge on any atom is -0.422 e. The number of anilines is 1. The summed E-state index contributed by atoms with van der Waals surface area (Å²) in [7, 11) is 0. The molecular formula is C36H27NO4. The Morgan fingerprint density at radius 1 is 0.537 bits per heavy atom. The molecule has 0 aliphatic heterocycles. The molecule has 0 N–H and O–H groups in total. The van der Waals surface area contributed by atoms with E-state index in [1.807, 2.05) is 91.0 Å². The molecule has 0 aliphatic rings. The lowest BCUT2D eigenvalue weighted by atomic mass is 9.86. The maximum absolute atomic E-state index is 13.7. The van der Waals surface area contributed by atoms with Crippen molar-refractivity contribution in [2.45, 2.75) is 13.8 Å². The van der Waals surface area contributed by atoms with Gasteiger partial charge >= 0.3 is 11.3 Å². The van der Waals surface area contributed by atoms with Gasteiger partial charge in [-0.2, -0.15) is 0 Å². The summed E-state index contributed by atoms with van der Waals surface area (Å²) in [6.45, 7) is 5.94. The van der Waals surface area contributed by atoms with Crippen molar-refractivity contribution in [3.05, 3.63) is 124 Å². The molecule has 7 rings (SSSR count). The highest BCUT2D eigenvalue weighted by Crippen LogP contribution is 2.43. The smallest absolute Gasteiger partial charge is 0.344 e. The number of fused-ring (bicyclic) bond motifs is 4. The molecule has 0 amide bonds. The number of nitrogens with zero attached hydrogens (tertiary/aromatic N) is 1. The van der Waals surface area contributed by atoms with Crippen molar-refractivity contribution in [2.24, 2.45) is 0 Å². The van der Waals surface area contributed by atoms with Crippen molar-refractivity contribution >= 4 is 49.2 Å². The molecule has 200 valence electrons. The first-order valence-electron chi connectivity index (χ1n) is 13.9. The van der Waals surface area contributed by atoms with Gasteiger partial charge in [0.2, 0.25) is 0 Å². The van der Waals surface area contributed by atoms with Gasteiger partial charge in [-0.15, -0.1) is 0 Å². The molecule has 2 aromatic heterocycles. The molecule has 5 heteroatoms. The fourth-order valence-electron chi connectivity index (χ4n) is 6.00. The van der Waals surface area contributed by atoms with Crippen LogP contribution in [0.4, 0.5) is 5.69 Å². The molecule has 0 aliphatic carbocycles. The van der Waals surface area contributed by atoms with Gasteiger partial charge in [-0.3, -0.25) is 0 Å². The standard InChI is InChI=1S/C36H27NO4/c1-3-37(4-2)24-18-17-23-20-30(36(39)41-32(23)21-24)34-27-14-8-6-12-25(27)33(26-13-7-9-15-28(26)34)29-19-22-11-5-10-16-31(22)40-35(29)38/h5-21H,3-4H2,1-2H3. The van der Waals surface area contributed by atoms with Gasteiger partial charge in [-0.1, -0.05) is 66.7 Å². The summed E-state index contributed by atoms with van der Waals surface area (Å²) in [4.78, 5) is 29.2. The van der Waals surface area contributed by atoms with Crippen LogP contribution in [-0.4, -0.2) is 13.1 Å². The Balaban J connectivity index is 1.55. The predicted octanol–water partition coefficient (Wildman–Crippen LogP) is 8.39. The largest absolute Gasteiger partial charge is 0.422 e. The molecule has 0 saturated heterocycles. The summed E-state index contributed by atoms with van der Waals surface area (Å²) in [6.07, 6.45) is 0. The molecule has 5 aromatic carbocycles. The zero-order valence-corrected chi connectivity index (χ0v) is 22.8. The summed E-state index contributed by atoms with van der Waals surface area (Å²) in [6, 6.07) is 33.1. The van der Waals surface area contributed by atoms with Gasteiger partial charge in [0.1, 0.15) is 11.2 Å². The van der Waals surface area contributed by atoms with Gasteiger partial charge in [0, 0.05) is 46.7 Å². The minimum atomic E-state index is -0.402. The van der Waals surface area contributed by atoms with Crippen molar-refractivity contribution < 1.29 is 8.83 Å². The average Bonchev–Trinajstić information content (AvgIpc) is 3.00. The summed E-state index contributed by atoms with van der Waals surface area (Å²) < 4.78 is 11.7. The van der Waals surface area contributed by atoms with Crippen LogP contribution in [0.3, 0.4) is 0 Å². The number of rotatable bonds is 5. The third kappa shape index (κ3) is 4.01. The molecule has 7 aromatic rings. The molecule has 0 bridgehead atoms. The number of benzene rings is 5. The van der Waals surface area contributed by atoms with Crippen LogP contribution in [0.5, 0.6) is 0 Å². The fraction of sp³-hybridized carbons (Fsp3) is 0.111. The minimum absolute atomic E-state index is 0.400. The van der Waals surface area contributed by atoms with E-state index in [-0.39, 0.29) is 0 Å². The second-order valence-corrected chi connectivity index (χ2v) is 10.2. The SMILES string of the molecule is CCN(CC)c1ccc2cc(-c3c4ccccc4c(-c4cc5ccccc5oc4=O)c4ccccc34)c(=O)oc2c1. The van der Waals surface area contributed by atoms with E-state index in [2.05, 4.69) is 24.8 Å². The van der Waals surface area contributed by atoms with Crippen LogP contribution in [0.1, 0.15) is 13.8 Å². The zero-order chi connectivity index (χ0) is 28.1. The monoisotopic (exact) mass is 537 g/mol. The molecule has 0 fully saturated rings. The van der Waals surface area contributed by atoms with E-state index in [4.69, 9.17) is 8.83 Å². The molecule has 0 saturated carbocycles. The second-order valence-electron chi connectivity index (χ2n) is 10.2. The lowest BCUT2D eigenvalue weighted by Crippen LogP contribution is -2.21. The zero-order valence-electron chi connectivity index (χ0n) is 22.8. The first-order chi connectivity index (χ1) is 20.1. The fourth-order valence-corrected chi connectivity index (χ4v) is 6.00. The first kappa shape index (κ1) is 24.9. The maximum Gasteiger partial charge on any atom is 0.344 e. The maximum atomic E-state index is 13.7. The van der Waals surface area contributed by atoms with E-state index in [0.717, 1.165) is 62.2 Å². The van der Waals surface area contributed by atoms with E-state index in [0.29, 0.717) is 22.3 Å². The van der Waals surface area contributed by atoms with Crippen LogP contribution >= 0.6 is 0 Å². The van der Waals surface area contributed by atoms with Gasteiger partial charge in [0.05, 0.1) is 11.1 Å². The quantitative estimate of drug-likeness (QED) is 0.163. The van der Waals surface area contributed by atoms with Crippen molar-refractivity contribution in [3.63, 3.8) is 0 Å². The Labute approximate surface area is 235 Å². The topological polar surface area (TPSA) is 63.7 Å². The number of para-hydroxylation sites is 1. The van der Waals surface area contributed by atoms with E-state index in [1.54, 1.807) is 6.07 Å².